The molecular weight excluding hydrogens is 418 g/mol. The monoisotopic (exact) mass is 443 g/mol. The van der Waals surface area contributed by atoms with Crippen LogP contribution in [0.1, 0.15) is 18.4 Å². The van der Waals surface area contributed by atoms with E-state index in [-0.39, 0.29) is 5.91 Å². The van der Waals surface area contributed by atoms with Crippen LogP contribution in [0.4, 0.5) is 0 Å². The van der Waals surface area contributed by atoms with Crippen molar-refractivity contribution in [1.29, 1.82) is 0 Å². The number of benzene rings is 2. The van der Waals surface area contributed by atoms with E-state index >= 15 is 0 Å². The van der Waals surface area contributed by atoms with Gasteiger partial charge in [-0.25, -0.2) is 14.6 Å². The normalized spacial score (nSPS) is 14.7. The van der Waals surface area contributed by atoms with Gasteiger partial charge in [-0.15, -0.1) is 0 Å². The number of likely N-dealkylation sites (tertiary alicyclic amines) is 1. The van der Waals surface area contributed by atoms with Crippen molar-refractivity contribution in [3.05, 3.63) is 78.8 Å². The minimum atomic E-state index is 0.176. The number of para-hydroxylation sites is 1. The zero-order valence-corrected chi connectivity index (χ0v) is 18.6. The molecule has 0 radical (unpaired) electrons. The van der Waals surface area contributed by atoms with Crippen molar-refractivity contribution in [2.24, 2.45) is 5.92 Å². The summed E-state index contributed by atoms with van der Waals surface area (Å²) in [7, 11) is 0. The third-order valence-electron chi connectivity index (χ3n) is 6.00. The predicted octanol–water partition coefficient (Wildman–Crippen LogP) is 4.39. The molecule has 0 atom stereocenters. The number of thioether (sulfide) groups is 1. The molecule has 1 saturated heterocycles. The van der Waals surface area contributed by atoms with Gasteiger partial charge in [0.1, 0.15) is 11.4 Å². The molecule has 0 unspecified atom stereocenters. The first-order valence-electron chi connectivity index (χ1n) is 11.0. The summed E-state index contributed by atoms with van der Waals surface area (Å²) in [5, 5.41) is 6.16. The molecule has 1 aliphatic rings. The SMILES string of the molecule is O=C(CSc1ncnc2c1cnn2-c1ccccc1)N1CCC(Cc2ccccc2)CC1. The van der Waals surface area contributed by atoms with Crippen LogP contribution in [-0.2, 0) is 11.2 Å². The highest BCUT2D eigenvalue weighted by Crippen LogP contribution is 2.27. The topological polar surface area (TPSA) is 63.9 Å². The van der Waals surface area contributed by atoms with Crippen molar-refractivity contribution >= 4 is 28.7 Å². The van der Waals surface area contributed by atoms with Crippen molar-refractivity contribution in [3.63, 3.8) is 0 Å². The van der Waals surface area contributed by atoms with Crippen LogP contribution in [-0.4, -0.2) is 49.4 Å². The maximum Gasteiger partial charge on any atom is 0.232 e. The van der Waals surface area contributed by atoms with Crippen LogP contribution in [0.2, 0.25) is 0 Å². The Morgan fingerprint density at radius 1 is 0.969 bits per heavy atom. The smallest absolute Gasteiger partial charge is 0.232 e. The Labute approximate surface area is 191 Å². The first-order valence-corrected chi connectivity index (χ1v) is 11.9. The Morgan fingerprint density at radius 2 is 1.69 bits per heavy atom. The second kappa shape index (κ2) is 9.53. The van der Waals surface area contributed by atoms with Crippen LogP contribution in [0.3, 0.4) is 0 Å². The molecule has 0 saturated carbocycles. The second-order valence-corrected chi connectivity index (χ2v) is 9.07. The fourth-order valence-electron chi connectivity index (χ4n) is 4.25. The van der Waals surface area contributed by atoms with E-state index in [1.165, 1.54) is 17.3 Å². The standard InChI is InChI=1S/C25H25N5OS/c31-23(29-13-11-20(12-14-29)15-19-7-3-1-4-8-19)17-32-25-22-16-28-30(24(22)26-18-27-25)21-9-5-2-6-10-21/h1-10,16,18,20H,11-15,17H2. The van der Waals surface area contributed by atoms with Gasteiger partial charge in [-0.1, -0.05) is 60.3 Å². The molecule has 0 spiro atoms. The van der Waals surface area contributed by atoms with Crippen LogP contribution in [0.5, 0.6) is 0 Å². The van der Waals surface area contributed by atoms with Gasteiger partial charge in [0.2, 0.25) is 5.91 Å². The van der Waals surface area contributed by atoms with Gasteiger partial charge in [0, 0.05) is 13.1 Å². The number of fused-ring (bicyclic) bond motifs is 1. The Bertz CT molecular complexity index is 1190. The minimum absolute atomic E-state index is 0.176. The molecule has 6 nitrogen and oxygen atoms in total. The Hall–Kier alpha value is -3.19. The molecule has 1 fully saturated rings. The van der Waals surface area contributed by atoms with Crippen LogP contribution in [0.15, 0.2) is 78.2 Å². The number of nitrogens with zero attached hydrogens (tertiary/aromatic N) is 5. The van der Waals surface area contributed by atoms with Crippen molar-refractivity contribution in [2.45, 2.75) is 24.3 Å². The molecule has 2 aromatic heterocycles. The van der Waals surface area contributed by atoms with Gasteiger partial charge in [-0.05, 0) is 42.9 Å². The van der Waals surface area contributed by atoms with Crippen molar-refractivity contribution < 1.29 is 4.79 Å². The van der Waals surface area contributed by atoms with Gasteiger partial charge in [-0.2, -0.15) is 5.10 Å². The number of carbonyl (C=O) groups is 1. The van der Waals surface area contributed by atoms with E-state index < -0.39 is 0 Å². The molecule has 1 aliphatic heterocycles. The number of rotatable bonds is 6. The Kier molecular flexibility index (Phi) is 6.16. The molecule has 7 heteroatoms. The van der Waals surface area contributed by atoms with E-state index in [1.54, 1.807) is 17.2 Å². The average Bonchev–Trinajstić information content (AvgIpc) is 3.29. The Morgan fingerprint density at radius 3 is 2.44 bits per heavy atom. The number of aromatic nitrogens is 4. The fourth-order valence-corrected chi connectivity index (χ4v) is 5.12. The van der Waals surface area contributed by atoms with E-state index in [1.807, 2.05) is 35.2 Å². The van der Waals surface area contributed by atoms with E-state index in [2.05, 4.69) is 45.4 Å². The summed E-state index contributed by atoms with van der Waals surface area (Å²) in [5.74, 6) is 1.21. The summed E-state index contributed by atoms with van der Waals surface area (Å²) >= 11 is 1.47. The summed E-state index contributed by atoms with van der Waals surface area (Å²) in [5.41, 5.74) is 3.09. The maximum absolute atomic E-state index is 12.8. The molecule has 162 valence electrons. The lowest BCUT2D eigenvalue weighted by atomic mass is 9.90. The Balaban J connectivity index is 1.19. The molecule has 0 bridgehead atoms. The third kappa shape index (κ3) is 4.53. The lowest BCUT2D eigenvalue weighted by molar-refractivity contribution is -0.129. The number of hydrogen-bond donors (Lipinski definition) is 0. The second-order valence-electron chi connectivity index (χ2n) is 8.11. The maximum atomic E-state index is 12.8. The molecule has 5 rings (SSSR count). The number of piperidine rings is 1. The van der Waals surface area contributed by atoms with Gasteiger partial charge in [0.25, 0.3) is 0 Å². The molecule has 0 aliphatic carbocycles. The molecule has 32 heavy (non-hydrogen) atoms. The summed E-state index contributed by atoms with van der Waals surface area (Å²) in [6.45, 7) is 1.67. The first kappa shape index (κ1) is 20.7. The van der Waals surface area contributed by atoms with Crippen molar-refractivity contribution in [3.8, 4) is 5.69 Å². The van der Waals surface area contributed by atoms with Crippen molar-refractivity contribution in [1.82, 2.24) is 24.6 Å². The van der Waals surface area contributed by atoms with Crippen LogP contribution < -0.4 is 0 Å². The lowest BCUT2D eigenvalue weighted by Gasteiger charge is -2.32. The molecule has 4 aromatic rings. The first-order chi connectivity index (χ1) is 15.8. The van der Waals surface area contributed by atoms with Crippen molar-refractivity contribution in [2.75, 3.05) is 18.8 Å². The van der Waals surface area contributed by atoms with Crippen LogP contribution in [0, 0.1) is 5.92 Å². The third-order valence-corrected chi connectivity index (χ3v) is 6.99. The number of carbonyl (C=O) groups excluding carboxylic acids is 1. The number of hydrogen-bond acceptors (Lipinski definition) is 5. The largest absolute Gasteiger partial charge is 0.342 e. The highest BCUT2D eigenvalue weighted by atomic mass is 32.2. The van der Waals surface area contributed by atoms with E-state index in [4.69, 9.17) is 0 Å². The zero-order chi connectivity index (χ0) is 21.8. The van der Waals surface area contributed by atoms with Gasteiger partial charge in [0.05, 0.1) is 23.0 Å². The summed E-state index contributed by atoms with van der Waals surface area (Å²) in [6, 6.07) is 20.5. The van der Waals surface area contributed by atoms with Gasteiger partial charge in [0.15, 0.2) is 5.65 Å². The predicted molar refractivity (Wildman–Crippen MR) is 127 cm³/mol. The minimum Gasteiger partial charge on any atom is -0.342 e. The molecule has 3 heterocycles. The molecular formula is C25H25N5OS. The number of amides is 1. The quantitative estimate of drug-likeness (QED) is 0.327. The lowest BCUT2D eigenvalue weighted by Crippen LogP contribution is -2.39. The van der Waals surface area contributed by atoms with Gasteiger partial charge in [-0.3, -0.25) is 4.79 Å². The molecule has 1 amide bonds. The summed E-state index contributed by atoms with van der Waals surface area (Å²) in [4.78, 5) is 23.7. The van der Waals surface area contributed by atoms with Crippen LogP contribution in [0.25, 0.3) is 16.7 Å². The average molecular weight is 444 g/mol. The highest BCUT2D eigenvalue weighted by Gasteiger charge is 2.23. The van der Waals surface area contributed by atoms with Crippen LogP contribution >= 0.6 is 11.8 Å². The van der Waals surface area contributed by atoms with E-state index in [0.717, 1.165) is 54.1 Å². The summed E-state index contributed by atoms with van der Waals surface area (Å²) < 4.78 is 1.81. The van der Waals surface area contributed by atoms with E-state index in [9.17, 15) is 4.79 Å². The van der Waals surface area contributed by atoms with E-state index in [0.29, 0.717) is 11.7 Å². The fraction of sp³-hybridized carbons (Fsp3) is 0.280. The molecule has 0 N–H and O–H groups in total. The van der Waals surface area contributed by atoms with Gasteiger partial charge >= 0.3 is 0 Å². The molecule has 2 aromatic carbocycles. The van der Waals surface area contributed by atoms with Gasteiger partial charge < -0.3 is 4.90 Å². The zero-order valence-electron chi connectivity index (χ0n) is 17.8. The summed E-state index contributed by atoms with van der Waals surface area (Å²) in [6.07, 6.45) is 6.55. The highest BCUT2D eigenvalue weighted by molar-refractivity contribution is 8.00.